The summed E-state index contributed by atoms with van der Waals surface area (Å²) in [5.41, 5.74) is 1.38. The Balaban J connectivity index is 0.000000625. The van der Waals surface area contributed by atoms with Crippen LogP contribution in [0.2, 0.25) is 0 Å². The minimum Gasteiger partial charge on any atom is -0.444 e. The zero-order valence-corrected chi connectivity index (χ0v) is 18.4. The lowest BCUT2D eigenvalue weighted by atomic mass is 10.1. The van der Waals surface area contributed by atoms with E-state index < -0.39 is 23.3 Å². The third-order valence-corrected chi connectivity index (χ3v) is 3.81. The number of carbonyl (C=O) groups excluding carboxylic acids is 1. The largest absolute Gasteiger partial charge is 0.444 e. The molecule has 0 bridgehead atoms. The molecule has 1 aliphatic carbocycles. The Kier molecular flexibility index (Phi) is 13.1. The SMILES string of the molecule is C#C.C=C.CC(C)(C)OC(=O)N[C@H]1CCCCc2nccnc21.Fc1ccccc1F. The van der Waals surface area contributed by atoms with E-state index in [4.69, 9.17) is 4.74 Å². The van der Waals surface area contributed by atoms with Crippen molar-refractivity contribution in [2.45, 2.75) is 58.1 Å². The van der Waals surface area contributed by atoms with Crippen LogP contribution in [0.1, 0.15) is 57.5 Å². The quantitative estimate of drug-likeness (QED) is 0.353. The van der Waals surface area contributed by atoms with Crippen molar-refractivity contribution in [1.29, 1.82) is 0 Å². The first-order valence-corrected chi connectivity index (χ1v) is 9.79. The molecule has 5 nitrogen and oxygen atoms in total. The molecule has 0 spiro atoms. The van der Waals surface area contributed by atoms with Gasteiger partial charge in [-0.1, -0.05) is 18.6 Å². The molecule has 1 atom stereocenters. The second kappa shape index (κ2) is 14.7. The molecule has 0 aliphatic heterocycles. The third-order valence-electron chi connectivity index (χ3n) is 3.81. The summed E-state index contributed by atoms with van der Waals surface area (Å²) >= 11 is 0. The zero-order chi connectivity index (χ0) is 23.9. The van der Waals surface area contributed by atoms with Gasteiger partial charge in [-0.15, -0.1) is 26.0 Å². The Bertz CT molecular complexity index is 799. The van der Waals surface area contributed by atoms with E-state index in [9.17, 15) is 13.6 Å². The van der Waals surface area contributed by atoms with Crippen molar-refractivity contribution in [2.24, 2.45) is 0 Å². The topological polar surface area (TPSA) is 64.1 Å². The Hall–Kier alpha value is -3.27. The van der Waals surface area contributed by atoms with Gasteiger partial charge in [0.2, 0.25) is 0 Å². The molecule has 1 amide bonds. The molecule has 0 unspecified atom stereocenters. The van der Waals surface area contributed by atoms with Gasteiger partial charge < -0.3 is 10.1 Å². The monoisotopic (exact) mass is 431 g/mol. The molecule has 1 aliphatic rings. The van der Waals surface area contributed by atoms with E-state index in [2.05, 4.69) is 41.3 Å². The second-order valence-electron chi connectivity index (χ2n) is 7.25. The highest BCUT2D eigenvalue weighted by molar-refractivity contribution is 5.68. The fraction of sp³-hybridized carbons (Fsp3) is 0.375. The van der Waals surface area contributed by atoms with Gasteiger partial charge in [0, 0.05) is 12.4 Å². The number of rotatable bonds is 1. The number of nitrogens with one attached hydrogen (secondary N) is 1. The molecular formula is C24H31F2N3O2. The highest BCUT2D eigenvalue weighted by Crippen LogP contribution is 2.25. The van der Waals surface area contributed by atoms with Crippen molar-refractivity contribution in [2.75, 3.05) is 0 Å². The molecule has 31 heavy (non-hydrogen) atoms. The number of aryl methyl sites for hydroxylation is 1. The fourth-order valence-electron chi connectivity index (χ4n) is 2.67. The Labute approximate surface area is 184 Å². The van der Waals surface area contributed by atoms with Crippen LogP contribution in [-0.4, -0.2) is 21.7 Å². The number of aromatic nitrogens is 2. The molecule has 1 heterocycles. The lowest BCUT2D eigenvalue weighted by Crippen LogP contribution is -2.35. The molecule has 168 valence electrons. The third kappa shape index (κ3) is 10.9. The standard InChI is InChI=1S/C14H21N3O2.C6H4F2.C2H4.C2H2/c1-14(2,3)19-13(18)17-11-7-5-4-6-10-12(11)16-9-8-15-10;7-5-3-1-2-4-6(5)8;2*1-2/h8-9,11H,4-7H2,1-3H3,(H,17,18);1-4H;1-2H2;1-2H/t11-;;;/m0.../s1. The van der Waals surface area contributed by atoms with Gasteiger partial charge in [-0.2, -0.15) is 0 Å². The number of ether oxygens (including phenoxy) is 1. The Morgan fingerprint density at radius 3 is 2.16 bits per heavy atom. The van der Waals surface area contributed by atoms with Crippen molar-refractivity contribution >= 4 is 6.09 Å². The number of terminal acetylenes is 1. The summed E-state index contributed by atoms with van der Waals surface area (Å²) in [7, 11) is 0. The molecule has 1 aromatic carbocycles. The van der Waals surface area contributed by atoms with Crippen LogP contribution in [0.5, 0.6) is 0 Å². The predicted molar refractivity (Wildman–Crippen MR) is 119 cm³/mol. The van der Waals surface area contributed by atoms with Crippen molar-refractivity contribution in [3.05, 3.63) is 72.8 Å². The van der Waals surface area contributed by atoms with Crippen LogP contribution in [0.3, 0.4) is 0 Å². The van der Waals surface area contributed by atoms with Gasteiger partial charge in [0.1, 0.15) is 5.60 Å². The van der Waals surface area contributed by atoms with E-state index in [-0.39, 0.29) is 6.04 Å². The number of hydrogen-bond donors (Lipinski definition) is 1. The molecular weight excluding hydrogens is 400 g/mol. The average Bonchev–Trinajstić information content (AvgIpc) is 2.95. The summed E-state index contributed by atoms with van der Waals surface area (Å²) in [6, 6.07) is 4.95. The Morgan fingerprint density at radius 1 is 1.10 bits per heavy atom. The maximum atomic E-state index is 11.9. The molecule has 1 aromatic heterocycles. The average molecular weight is 432 g/mol. The van der Waals surface area contributed by atoms with Gasteiger partial charge in [0.05, 0.1) is 17.4 Å². The van der Waals surface area contributed by atoms with Gasteiger partial charge in [0.25, 0.3) is 0 Å². The number of nitrogens with zero attached hydrogens (tertiary/aromatic N) is 2. The number of benzene rings is 1. The van der Waals surface area contributed by atoms with Crippen molar-refractivity contribution in [1.82, 2.24) is 15.3 Å². The van der Waals surface area contributed by atoms with Crippen molar-refractivity contribution in [3.8, 4) is 12.8 Å². The lowest BCUT2D eigenvalue weighted by molar-refractivity contribution is 0.0499. The predicted octanol–water partition coefficient (Wildman–Crippen LogP) is 5.79. The molecule has 0 radical (unpaired) electrons. The summed E-state index contributed by atoms with van der Waals surface area (Å²) in [6.45, 7) is 11.6. The fourth-order valence-corrected chi connectivity index (χ4v) is 2.67. The van der Waals surface area contributed by atoms with Crippen LogP contribution < -0.4 is 5.32 Å². The highest BCUT2D eigenvalue weighted by atomic mass is 19.2. The van der Waals surface area contributed by atoms with E-state index in [1.807, 2.05) is 20.8 Å². The minimum absolute atomic E-state index is 0.0963. The lowest BCUT2D eigenvalue weighted by Gasteiger charge is -2.23. The van der Waals surface area contributed by atoms with Gasteiger partial charge in [-0.25, -0.2) is 13.6 Å². The van der Waals surface area contributed by atoms with E-state index in [1.54, 1.807) is 12.4 Å². The highest BCUT2D eigenvalue weighted by Gasteiger charge is 2.25. The number of carbonyl (C=O) groups is 1. The smallest absolute Gasteiger partial charge is 0.408 e. The van der Waals surface area contributed by atoms with E-state index in [0.29, 0.717) is 0 Å². The van der Waals surface area contributed by atoms with E-state index in [1.165, 1.54) is 12.1 Å². The molecule has 1 N–H and O–H groups in total. The van der Waals surface area contributed by atoms with Crippen molar-refractivity contribution < 1.29 is 18.3 Å². The molecule has 3 rings (SSSR count). The van der Waals surface area contributed by atoms with Crippen LogP contribution in [-0.2, 0) is 11.2 Å². The molecule has 0 saturated heterocycles. The van der Waals surface area contributed by atoms with Crippen molar-refractivity contribution in [3.63, 3.8) is 0 Å². The number of amides is 1. The number of fused-ring (bicyclic) bond motifs is 1. The van der Waals surface area contributed by atoms with Gasteiger partial charge in [-0.05, 0) is 52.2 Å². The first-order valence-electron chi connectivity index (χ1n) is 9.79. The minimum atomic E-state index is -0.799. The summed E-state index contributed by atoms with van der Waals surface area (Å²) in [5.74, 6) is -1.60. The summed E-state index contributed by atoms with van der Waals surface area (Å²) < 4.78 is 29.2. The normalized spacial score (nSPS) is 14.4. The molecule has 7 heteroatoms. The van der Waals surface area contributed by atoms with E-state index >= 15 is 0 Å². The van der Waals surface area contributed by atoms with Gasteiger partial charge >= 0.3 is 6.09 Å². The first-order chi connectivity index (χ1) is 14.8. The van der Waals surface area contributed by atoms with Crippen LogP contribution in [0.4, 0.5) is 13.6 Å². The summed E-state index contributed by atoms with van der Waals surface area (Å²) in [6.07, 6.45) is 14.9. The number of halogens is 2. The summed E-state index contributed by atoms with van der Waals surface area (Å²) in [4.78, 5) is 20.6. The molecule has 0 saturated carbocycles. The van der Waals surface area contributed by atoms with Crippen LogP contribution in [0.15, 0.2) is 49.8 Å². The zero-order valence-electron chi connectivity index (χ0n) is 18.4. The van der Waals surface area contributed by atoms with Crippen LogP contribution >= 0.6 is 0 Å². The van der Waals surface area contributed by atoms with E-state index in [0.717, 1.165) is 49.2 Å². The molecule has 0 fully saturated rings. The van der Waals surface area contributed by atoms with Crippen LogP contribution in [0, 0.1) is 24.5 Å². The first kappa shape index (κ1) is 27.7. The number of alkyl carbamates (subject to hydrolysis) is 1. The number of hydrogen-bond acceptors (Lipinski definition) is 4. The van der Waals surface area contributed by atoms with Gasteiger partial charge in [0.15, 0.2) is 11.6 Å². The maximum absolute atomic E-state index is 11.9. The molecule has 2 aromatic rings. The van der Waals surface area contributed by atoms with Gasteiger partial charge in [-0.3, -0.25) is 9.97 Å². The Morgan fingerprint density at radius 2 is 1.65 bits per heavy atom. The second-order valence-corrected chi connectivity index (χ2v) is 7.25. The summed E-state index contributed by atoms with van der Waals surface area (Å²) in [5, 5.41) is 2.91. The maximum Gasteiger partial charge on any atom is 0.408 e. The van der Waals surface area contributed by atoms with Crippen LogP contribution in [0.25, 0.3) is 0 Å².